The van der Waals surface area contributed by atoms with Gasteiger partial charge in [0, 0.05) is 43.2 Å². The number of hydrogen-bond acceptors (Lipinski definition) is 4. The minimum absolute atomic E-state index is 0.0931. The molecule has 184 valence electrons. The third-order valence-electron chi connectivity index (χ3n) is 5.92. The van der Waals surface area contributed by atoms with E-state index < -0.39 is 29.2 Å². The molecule has 5 rings (SSSR count). The van der Waals surface area contributed by atoms with Gasteiger partial charge in [-0.15, -0.1) is 5.10 Å². The highest BCUT2D eigenvalue weighted by Gasteiger charge is 2.41. The number of halogens is 6. The zero-order chi connectivity index (χ0) is 25.1. The molecular formula is C22H18F6N6O. The SMILES string of the molecule is Cc1cc(-n2ccc(N3CCNC3=O)n2)c2c(n1)N(c1ccc(C(F)(F)F)cc1C(F)(F)F)CC2. The van der Waals surface area contributed by atoms with Gasteiger partial charge in [-0.1, -0.05) is 0 Å². The van der Waals surface area contributed by atoms with E-state index in [1.54, 1.807) is 25.3 Å². The van der Waals surface area contributed by atoms with Crippen LogP contribution in [0, 0.1) is 6.92 Å². The first-order valence-corrected chi connectivity index (χ1v) is 10.6. The Kier molecular flexibility index (Phi) is 5.18. The number of urea groups is 1. The number of nitrogens with one attached hydrogen (secondary N) is 1. The maximum Gasteiger partial charge on any atom is 0.418 e. The van der Waals surface area contributed by atoms with Crippen LogP contribution in [0.1, 0.15) is 22.4 Å². The molecule has 4 heterocycles. The number of rotatable bonds is 3. The van der Waals surface area contributed by atoms with Gasteiger partial charge in [-0.05, 0) is 37.6 Å². The predicted octanol–water partition coefficient (Wildman–Crippen LogP) is 4.84. The predicted molar refractivity (Wildman–Crippen MR) is 114 cm³/mol. The lowest BCUT2D eigenvalue weighted by Gasteiger charge is -2.24. The number of pyridine rings is 1. The van der Waals surface area contributed by atoms with Crippen LogP contribution in [0.15, 0.2) is 36.5 Å². The summed E-state index contributed by atoms with van der Waals surface area (Å²) < 4.78 is 82.2. The number of fused-ring (bicyclic) bond motifs is 1. The molecule has 7 nitrogen and oxygen atoms in total. The highest BCUT2D eigenvalue weighted by Crippen LogP contribution is 2.45. The Labute approximate surface area is 195 Å². The van der Waals surface area contributed by atoms with Crippen LogP contribution >= 0.6 is 0 Å². The number of amides is 2. The molecule has 1 N–H and O–H groups in total. The molecule has 2 amide bonds. The average Bonchev–Trinajstić information content (AvgIpc) is 3.50. The van der Waals surface area contributed by atoms with Crippen LogP contribution in [0.3, 0.4) is 0 Å². The molecular weight excluding hydrogens is 478 g/mol. The number of aromatic nitrogens is 3. The number of hydrogen-bond donors (Lipinski definition) is 1. The standard InChI is InChI=1S/C22H18F6N6O/c1-12-10-17(34-8-5-18(31-34)33-9-6-29-20(33)35)14-4-7-32(19(14)30-12)16-3-2-13(21(23,24)25)11-15(16)22(26,27)28/h2-3,5,8,10-11H,4,6-7,9H2,1H3,(H,29,35). The van der Waals surface area contributed by atoms with Gasteiger partial charge in [0.15, 0.2) is 5.82 Å². The van der Waals surface area contributed by atoms with Crippen molar-refractivity contribution in [3.05, 3.63) is 58.9 Å². The van der Waals surface area contributed by atoms with E-state index in [9.17, 15) is 31.1 Å². The van der Waals surface area contributed by atoms with E-state index in [-0.39, 0.29) is 24.5 Å². The molecule has 1 fully saturated rings. The molecule has 35 heavy (non-hydrogen) atoms. The molecule has 0 aliphatic carbocycles. The summed E-state index contributed by atoms with van der Waals surface area (Å²) in [4.78, 5) is 19.1. The largest absolute Gasteiger partial charge is 0.418 e. The van der Waals surface area contributed by atoms with E-state index in [4.69, 9.17) is 0 Å². The molecule has 2 aliphatic heterocycles. The second-order valence-electron chi connectivity index (χ2n) is 8.22. The number of benzene rings is 1. The number of aryl methyl sites for hydroxylation is 1. The normalized spacial score (nSPS) is 16.1. The maximum absolute atomic E-state index is 13.8. The third kappa shape index (κ3) is 4.04. The molecule has 13 heteroatoms. The van der Waals surface area contributed by atoms with Crippen molar-refractivity contribution in [3.8, 4) is 5.69 Å². The molecule has 0 saturated carbocycles. The fourth-order valence-corrected chi connectivity index (χ4v) is 4.36. The Balaban J connectivity index is 1.58. The van der Waals surface area contributed by atoms with Crippen molar-refractivity contribution in [2.24, 2.45) is 0 Å². The van der Waals surface area contributed by atoms with Gasteiger partial charge in [-0.2, -0.15) is 26.3 Å². The molecule has 3 aromatic rings. The highest BCUT2D eigenvalue weighted by atomic mass is 19.4. The second-order valence-corrected chi connectivity index (χ2v) is 8.22. The Bertz CT molecular complexity index is 1310. The molecule has 0 radical (unpaired) electrons. The molecule has 0 spiro atoms. The van der Waals surface area contributed by atoms with Gasteiger partial charge >= 0.3 is 18.4 Å². The van der Waals surface area contributed by atoms with E-state index in [1.807, 2.05) is 0 Å². The van der Waals surface area contributed by atoms with Crippen LogP contribution in [0.4, 0.5) is 48.5 Å². The summed E-state index contributed by atoms with van der Waals surface area (Å²) in [5.41, 5.74) is -1.50. The van der Waals surface area contributed by atoms with Gasteiger partial charge < -0.3 is 10.2 Å². The summed E-state index contributed by atoms with van der Waals surface area (Å²) in [6.45, 7) is 2.69. The van der Waals surface area contributed by atoms with Crippen molar-refractivity contribution in [1.82, 2.24) is 20.1 Å². The first kappa shape index (κ1) is 23.0. The number of anilines is 3. The smallest absolute Gasteiger partial charge is 0.336 e. The van der Waals surface area contributed by atoms with Crippen LogP contribution in [0.25, 0.3) is 5.69 Å². The van der Waals surface area contributed by atoms with Crippen LogP contribution in [0.2, 0.25) is 0 Å². The number of nitrogens with zero attached hydrogens (tertiary/aromatic N) is 5. The molecule has 0 bridgehead atoms. The minimum atomic E-state index is -5.00. The zero-order valence-electron chi connectivity index (χ0n) is 18.2. The molecule has 2 aromatic heterocycles. The van der Waals surface area contributed by atoms with Crippen molar-refractivity contribution < 1.29 is 31.1 Å². The summed E-state index contributed by atoms with van der Waals surface area (Å²) >= 11 is 0. The van der Waals surface area contributed by atoms with E-state index in [1.165, 1.54) is 14.5 Å². The van der Waals surface area contributed by atoms with E-state index in [2.05, 4.69) is 15.4 Å². The lowest BCUT2D eigenvalue weighted by Crippen LogP contribution is -2.28. The van der Waals surface area contributed by atoms with E-state index >= 15 is 0 Å². The Morgan fingerprint density at radius 2 is 1.71 bits per heavy atom. The number of carbonyl (C=O) groups is 1. The van der Waals surface area contributed by atoms with Gasteiger partial charge in [0.2, 0.25) is 0 Å². The van der Waals surface area contributed by atoms with E-state index in [0.717, 1.165) is 6.07 Å². The Morgan fingerprint density at radius 1 is 0.943 bits per heavy atom. The van der Waals surface area contributed by atoms with Gasteiger partial charge in [0.25, 0.3) is 0 Å². The molecule has 1 aromatic carbocycles. The summed E-state index contributed by atoms with van der Waals surface area (Å²) in [6.07, 6.45) is -7.97. The maximum atomic E-state index is 13.8. The second kappa shape index (κ2) is 7.89. The van der Waals surface area contributed by atoms with Crippen molar-refractivity contribution in [3.63, 3.8) is 0 Å². The van der Waals surface area contributed by atoms with Crippen molar-refractivity contribution >= 4 is 23.4 Å². The third-order valence-corrected chi connectivity index (χ3v) is 5.92. The first-order chi connectivity index (χ1) is 16.4. The molecule has 2 aliphatic rings. The fourth-order valence-electron chi connectivity index (χ4n) is 4.36. The van der Waals surface area contributed by atoms with Crippen LogP contribution in [-0.4, -0.2) is 40.4 Å². The first-order valence-electron chi connectivity index (χ1n) is 10.6. The molecule has 0 atom stereocenters. The lowest BCUT2D eigenvalue weighted by molar-refractivity contribution is -0.142. The van der Waals surface area contributed by atoms with Crippen LogP contribution in [-0.2, 0) is 18.8 Å². The minimum Gasteiger partial charge on any atom is -0.336 e. The summed E-state index contributed by atoms with van der Waals surface area (Å²) in [7, 11) is 0. The van der Waals surface area contributed by atoms with E-state index in [0.29, 0.717) is 48.3 Å². The summed E-state index contributed by atoms with van der Waals surface area (Å²) in [5, 5.41) is 7.14. The van der Waals surface area contributed by atoms with Crippen molar-refractivity contribution in [2.75, 3.05) is 29.4 Å². The topological polar surface area (TPSA) is 66.3 Å². The number of alkyl halides is 6. The fraction of sp³-hybridized carbons (Fsp3) is 0.318. The Hall–Kier alpha value is -3.77. The van der Waals surface area contributed by atoms with Crippen LogP contribution < -0.4 is 15.1 Å². The lowest BCUT2D eigenvalue weighted by atomic mass is 10.1. The van der Waals surface area contributed by atoms with Gasteiger partial charge in [-0.25, -0.2) is 14.5 Å². The zero-order valence-corrected chi connectivity index (χ0v) is 18.2. The summed E-state index contributed by atoms with van der Waals surface area (Å²) in [6, 6.07) is 4.70. The van der Waals surface area contributed by atoms with Crippen molar-refractivity contribution in [2.45, 2.75) is 25.7 Å². The van der Waals surface area contributed by atoms with Crippen LogP contribution in [0.5, 0.6) is 0 Å². The van der Waals surface area contributed by atoms with Gasteiger partial charge in [0.05, 0.1) is 22.5 Å². The highest BCUT2D eigenvalue weighted by molar-refractivity contribution is 5.93. The average molecular weight is 496 g/mol. The number of carbonyl (C=O) groups excluding carboxylic acids is 1. The van der Waals surface area contributed by atoms with Gasteiger partial charge in [0.1, 0.15) is 5.82 Å². The van der Waals surface area contributed by atoms with Gasteiger partial charge in [-0.3, -0.25) is 4.90 Å². The van der Waals surface area contributed by atoms with Crippen molar-refractivity contribution in [1.29, 1.82) is 0 Å². The summed E-state index contributed by atoms with van der Waals surface area (Å²) in [5.74, 6) is 0.640. The molecule has 1 saturated heterocycles. The Morgan fingerprint density at radius 3 is 2.37 bits per heavy atom. The monoisotopic (exact) mass is 496 g/mol. The molecule has 0 unspecified atom stereocenters. The quantitative estimate of drug-likeness (QED) is 0.528.